The van der Waals surface area contributed by atoms with Crippen molar-refractivity contribution in [1.29, 1.82) is 0 Å². The van der Waals surface area contributed by atoms with Gasteiger partial charge in [0.2, 0.25) is 0 Å². The molecule has 16 heavy (non-hydrogen) atoms. The van der Waals surface area contributed by atoms with Gasteiger partial charge >= 0.3 is 34.5 Å². The number of nitrogens with one attached hydrogen (secondary N) is 2. The van der Waals surface area contributed by atoms with Gasteiger partial charge in [-0.2, -0.15) is 19.8 Å². The monoisotopic (exact) mass is 398 g/mol. The standard InChI is InChI=1S/C7H14N2O2.2ClH.2H3P.Ru/c1-7(2)10-5(3-8)6(4-9)11-7;;;;;/h5-6,8-9H,3-4H2,1-2H3;2*1H;2*1H3;/q-2;;;;;+4/p-2. The second-order valence-electron chi connectivity index (χ2n) is 3.17. The number of rotatable bonds is 2. The maximum atomic E-state index is 7.12. The van der Waals surface area contributed by atoms with E-state index in [1.807, 2.05) is 13.8 Å². The van der Waals surface area contributed by atoms with Gasteiger partial charge < -0.3 is 20.9 Å². The van der Waals surface area contributed by atoms with Crippen LogP contribution in [0.15, 0.2) is 0 Å². The molecule has 102 valence electrons. The molecule has 1 aliphatic rings. The number of hydrogen-bond donors (Lipinski definition) is 0. The fourth-order valence-electron chi connectivity index (χ4n) is 1.25. The van der Waals surface area contributed by atoms with Crippen molar-refractivity contribution < 1.29 is 24.6 Å². The molecule has 4 nitrogen and oxygen atoms in total. The second-order valence-corrected chi connectivity index (χ2v) is 5.81. The van der Waals surface area contributed by atoms with E-state index in [0.29, 0.717) is 0 Å². The molecule has 0 spiro atoms. The van der Waals surface area contributed by atoms with Crippen LogP contribution in [0.25, 0.3) is 11.5 Å². The Bertz CT molecular complexity index is 157. The van der Waals surface area contributed by atoms with Crippen molar-refractivity contribution in [3.05, 3.63) is 11.5 Å². The Morgan fingerprint density at radius 3 is 1.50 bits per heavy atom. The molecule has 1 heterocycles. The summed E-state index contributed by atoms with van der Waals surface area (Å²) >= 11 is -0.346. The third-order valence-electron chi connectivity index (χ3n) is 1.69. The van der Waals surface area contributed by atoms with Gasteiger partial charge in [0, 0.05) is 0 Å². The number of halogens is 2. The molecule has 0 amide bonds. The summed E-state index contributed by atoms with van der Waals surface area (Å²) in [4.78, 5) is 0. The summed E-state index contributed by atoms with van der Waals surface area (Å²) in [6.07, 6.45) is -0.440. The molecule has 1 rings (SSSR count). The van der Waals surface area contributed by atoms with Gasteiger partial charge in [0.25, 0.3) is 0 Å². The van der Waals surface area contributed by atoms with E-state index in [1.165, 1.54) is 0 Å². The van der Waals surface area contributed by atoms with Crippen molar-refractivity contribution in [2.45, 2.75) is 31.8 Å². The summed E-state index contributed by atoms with van der Waals surface area (Å²) < 4.78 is 10.7. The van der Waals surface area contributed by atoms with Crippen molar-refractivity contribution in [3.8, 4) is 0 Å². The summed E-state index contributed by atoms with van der Waals surface area (Å²) in [6, 6.07) is 0. The first-order valence-corrected chi connectivity index (χ1v) is 8.48. The van der Waals surface area contributed by atoms with E-state index in [1.54, 1.807) is 0 Å². The molecule has 0 radical (unpaired) electrons. The zero-order chi connectivity index (χ0) is 11.2. The summed E-state index contributed by atoms with van der Waals surface area (Å²) in [6.45, 7) is 3.97. The van der Waals surface area contributed by atoms with Gasteiger partial charge in [-0.1, -0.05) is 0 Å². The Morgan fingerprint density at radius 1 is 1.06 bits per heavy atom. The van der Waals surface area contributed by atoms with Crippen molar-refractivity contribution >= 4 is 39.2 Å². The summed E-state index contributed by atoms with van der Waals surface area (Å²) in [5, 5.41) is 0. The van der Waals surface area contributed by atoms with Crippen molar-refractivity contribution in [2.75, 3.05) is 13.1 Å². The molecule has 0 bridgehead atoms. The van der Waals surface area contributed by atoms with Crippen LogP contribution in [0.4, 0.5) is 0 Å². The molecule has 4 atom stereocenters. The van der Waals surface area contributed by atoms with Gasteiger partial charge in [0.1, 0.15) is 0 Å². The van der Waals surface area contributed by atoms with Crippen LogP contribution in [0.2, 0.25) is 0 Å². The van der Waals surface area contributed by atoms with E-state index in [4.69, 9.17) is 40.3 Å². The van der Waals surface area contributed by atoms with Crippen LogP contribution >= 0.6 is 39.2 Å². The molecule has 2 N–H and O–H groups in total. The first-order chi connectivity index (χ1) is 6.50. The predicted molar refractivity (Wildman–Crippen MR) is 76.1 cm³/mol. The van der Waals surface area contributed by atoms with E-state index >= 15 is 0 Å². The minimum atomic E-state index is -0.600. The zero-order valence-electron chi connectivity index (χ0n) is 9.41. The molecular formula is C7H20Cl2N2O2P2Ru. The average Bonchev–Trinajstić information content (AvgIpc) is 2.42. The Labute approximate surface area is 120 Å². The minimum absolute atomic E-state index is 0. The Balaban J connectivity index is -0.000000306. The molecular weight excluding hydrogens is 378 g/mol. The van der Waals surface area contributed by atoms with Crippen LogP contribution in [0, 0.1) is 0 Å². The molecule has 0 aliphatic carbocycles. The summed E-state index contributed by atoms with van der Waals surface area (Å²) in [7, 11) is 9.71. The molecule has 0 saturated carbocycles. The van der Waals surface area contributed by atoms with Crippen molar-refractivity contribution in [1.82, 2.24) is 0 Å². The normalized spacial score (nSPS) is 25.9. The van der Waals surface area contributed by atoms with Gasteiger partial charge in [-0.3, -0.25) is 0 Å². The quantitative estimate of drug-likeness (QED) is 0.530. The fraction of sp³-hybridized carbons (Fsp3) is 1.00. The molecule has 0 aromatic heterocycles. The first-order valence-electron chi connectivity index (χ1n) is 4.00. The van der Waals surface area contributed by atoms with Crippen molar-refractivity contribution in [2.24, 2.45) is 0 Å². The first kappa shape index (κ1) is 23.0. The van der Waals surface area contributed by atoms with Crippen LogP contribution in [-0.2, 0) is 24.6 Å². The zero-order valence-corrected chi connectivity index (χ0v) is 15.5. The van der Waals surface area contributed by atoms with E-state index < -0.39 is 5.79 Å². The second kappa shape index (κ2) is 12.0. The van der Waals surface area contributed by atoms with Crippen LogP contribution < -0.4 is 0 Å². The number of hydrogen-bond acceptors (Lipinski definition) is 2. The number of ether oxygens (including phenoxy) is 2. The van der Waals surface area contributed by atoms with Gasteiger partial charge in [-0.25, -0.2) is 0 Å². The van der Waals surface area contributed by atoms with E-state index in [2.05, 4.69) is 0 Å². The Kier molecular flexibility index (Phi) is 17.2. The van der Waals surface area contributed by atoms with Crippen LogP contribution in [-0.4, -0.2) is 31.1 Å². The average molecular weight is 398 g/mol. The van der Waals surface area contributed by atoms with Gasteiger partial charge in [0.15, 0.2) is 5.79 Å². The van der Waals surface area contributed by atoms with E-state index in [9.17, 15) is 0 Å². The topological polar surface area (TPSA) is 66.1 Å². The third-order valence-corrected chi connectivity index (χ3v) is 1.69. The molecule has 1 aliphatic heterocycles. The molecule has 9 heteroatoms. The van der Waals surface area contributed by atoms with Gasteiger partial charge in [-0.05, 0) is 13.8 Å². The molecule has 0 aromatic rings. The van der Waals surface area contributed by atoms with E-state index in [-0.39, 0.29) is 60.2 Å². The molecule has 1 fully saturated rings. The fourth-order valence-corrected chi connectivity index (χ4v) is 1.25. The van der Waals surface area contributed by atoms with E-state index in [0.717, 1.165) is 0 Å². The van der Waals surface area contributed by atoms with Crippen molar-refractivity contribution in [3.63, 3.8) is 0 Å². The SMILES string of the molecule is CC1(C)OC(C[NH-])C(C[NH-])O1.P.P.[Cl][Ru+2][Cl]. The van der Waals surface area contributed by atoms with Gasteiger partial charge in [-0.15, -0.1) is 13.1 Å². The summed E-state index contributed by atoms with van der Waals surface area (Å²) in [5.41, 5.74) is 14.2. The molecule has 0 aromatic carbocycles. The molecule has 4 unspecified atom stereocenters. The van der Waals surface area contributed by atoms with Gasteiger partial charge in [0.05, 0.1) is 12.2 Å². The van der Waals surface area contributed by atoms with Crippen LogP contribution in [0.3, 0.4) is 0 Å². The van der Waals surface area contributed by atoms with Crippen LogP contribution in [0.5, 0.6) is 0 Å². The maximum absolute atomic E-state index is 7.12. The Hall–Kier alpha value is 1.90. The Morgan fingerprint density at radius 2 is 1.31 bits per heavy atom. The van der Waals surface area contributed by atoms with Crippen LogP contribution in [0.1, 0.15) is 13.8 Å². The third kappa shape index (κ3) is 8.92. The predicted octanol–water partition coefficient (Wildman–Crippen LogP) is 3.10. The summed E-state index contributed by atoms with van der Waals surface area (Å²) in [5.74, 6) is -0.600. The molecule has 1 saturated heterocycles.